The molecule has 0 saturated carbocycles. The number of primary sulfonamides is 1. The van der Waals surface area contributed by atoms with E-state index in [1.807, 2.05) is 0 Å². The van der Waals surface area contributed by atoms with Gasteiger partial charge in [-0.25, -0.2) is 22.3 Å². The molecule has 9 heteroatoms. The van der Waals surface area contributed by atoms with Crippen LogP contribution >= 0.6 is 11.6 Å². The summed E-state index contributed by atoms with van der Waals surface area (Å²) in [5.41, 5.74) is 1.85. The molecule has 5 nitrogen and oxygen atoms in total. The summed E-state index contributed by atoms with van der Waals surface area (Å²) in [4.78, 5) is -0.0536. The summed E-state index contributed by atoms with van der Waals surface area (Å²) in [6, 6.07) is 11.3. The summed E-state index contributed by atoms with van der Waals surface area (Å²) < 4.78 is 61.7. The number of sulfonamides is 1. The van der Waals surface area contributed by atoms with Crippen LogP contribution in [-0.4, -0.2) is 15.2 Å². The summed E-state index contributed by atoms with van der Waals surface area (Å²) in [6.45, 7) is 0.0198. The largest absolute Gasteiger partial charge is 0.454 e. The van der Waals surface area contributed by atoms with Gasteiger partial charge in [-0.2, -0.15) is 0 Å². The quantitative estimate of drug-likeness (QED) is 0.636. The Kier molecular flexibility index (Phi) is 4.49. The molecule has 4 rings (SSSR count). The van der Waals surface area contributed by atoms with Gasteiger partial charge in [0.25, 0.3) is 0 Å². The van der Waals surface area contributed by atoms with Crippen LogP contribution in [0.15, 0.2) is 53.4 Å². The number of rotatable bonds is 3. The molecule has 0 aliphatic carbocycles. The first-order valence-corrected chi connectivity index (χ1v) is 9.88. The number of nitrogens with two attached hydrogens (primary N) is 1. The van der Waals surface area contributed by atoms with Gasteiger partial charge >= 0.3 is 0 Å². The fourth-order valence-corrected chi connectivity index (χ4v) is 3.58. The molecule has 1 aliphatic heterocycles. The van der Waals surface area contributed by atoms with Crippen LogP contribution in [0.3, 0.4) is 0 Å². The van der Waals surface area contributed by atoms with Gasteiger partial charge < -0.3 is 9.47 Å². The van der Waals surface area contributed by atoms with E-state index in [0.29, 0.717) is 28.2 Å². The molecule has 0 unspecified atom stereocenters. The average molecular weight is 424 g/mol. The van der Waals surface area contributed by atoms with Gasteiger partial charge in [-0.05, 0) is 58.7 Å². The second-order valence-corrected chi connectivity index (χ2v) is 8.01. The molecule has 0 atom stereocenters. The Hall–Kier alpha value is -2.68. The van der Waals surface area contributed by atoms with Crippen LogP contribution in [0, 0.1) is 11.6 Å². The highest BCUT2D eigenvalue weighted by atomic mass is 35.5. The van der Waals surface area contributed by atoms with E-state index in [1.165, 1.54) is 12.1 Å². The number of hydrogen-bond acceptors (Lipinski definition) is 4. The highest BCUT2D eigenvalue weighted by molar-refractivity contribution is 7.89. The number of halogens is 3. The highest BCUT2D eigenvalue weighted by Gasteiger charge is 2.21. The van der Waals surface area contributed by atoms with E-state index < -0.39 is 26.7 Å². The lowest BCUT2D eigenvalue weighted by Gasteiger charge is -2.13. The van der Waals surface area contributed by atoms with Gasteiger partial charge in [0.1, 0.15) is 16.7 Å². The minimum Gasteiger partial charge on any atom is -0.454 e. The molecule has 3 aromatic rings. The average Bonchev–Trinajstić information content (AvgIpc) is 3.11. The van der Waals surface area contributed by atoms with E-state index in [2.05, 4.69) is 0 Å². The maximum Gasteiger partial charge on any atom is 0.238 e. The summed E-state index contributed by atoms with van der Waals surface area (Å²) in [6.07, 6.45) is 0. The van der Waals surface area contributed by atoms with Gasteiger partial charge in [0.15, 0.2) is 11.5 Å². The fraction of sp³-hybridized carbons (Fsp3) is 0.0526. The first-order valence-electron chi connectivity index (χ1n) is 7.96. The van der Waals surface area contributed by atoms with Crippen LogP contribution in [0.25, 0.3) is 22.3 Å². The Balaban J connectivity index is 1.92. The van der Waals surface area contributed by atoms with E-state index in [0.717, 1.165) is 12.1 Å². The lowest BCUT2D eigenvalue weighted by Crippen LogP contribution is -2.11. The number of fused-ring (bicyclic) bond motifs is 1. The van der Waals surface area contributed by atoms with Crippen molar-refractivity contribution in [3.63, 3.8) is 0 Å². The lowest BCUT2D eigenvalue weighted by molar-refractivity contribution is 0.174. The maximum absolute atomic E-state index is 14.0. The molecule has 0 spiro atoms. The van der Waals surface area contributed by atoms with E-state index in [9.17, 15) is 17.2 Å². The van der Waals surface area contributed by atoms with Crippen LogP contribution in [-0.2, 0) is 10.0 Å². The maximum atomic E-state index is 14.0. The molecular weight excluding hydrogens is 412 g/mol. The zero-order chi connectivity index (χ0) is 20.1. The van der Waals surface area contributed by atoms with Crippen LogP contribution < -0.4 is 14.6 Å². The monoisotopic (exact) mass is 423 g/mol. The van der Waals surface area contributed by atoms with Crippen molar-refractivity contribution in [1.29, 1.82) is 0 Å². The van der Waals surface area contributed by atoms with Gasteiger partial charge in [0.2, 0.25) is 16.8 Å². The van der Waals surface area contributed by atoms with Crippen molar-refractivity contribution in [2.75, 3.05) is 6.79 Å². The Morgan fingerprint density at radius 3 is 1.86 bits per heavy atom. The number of hydrogen-bond donors (Lipinski definition) is 1. The fourth-order valence-electron chi connectivity index (χ4n) is 2.95. The molecule has 3 aromatic carbocycles. The second-order valence-electron chi connectivity index (χ2n) is 6.07. The SMILES string of the molecule is NS(=O)(=O)c1ccc(-c2cc3c(cc2-c2cc(F)c(Cl)c(F)c2)OCO3)cc1. The third-order valence-electron chi connectivity index (χ3n) is 4.30. The van der Waals surface area contributed by atoms with Crippen LogP contribution in [0.2, 0.25) is 5.02 Å². The predicted molar refractivity (Wildman–Crippen MR) is 99.7 cm³/mol. The first kappa shape index (κ1) is 18.7. The lowest BCUT2D eigenvalue weighted by atomic mass is 9.93. The topological polar surface area (TPSA) is 78.6 Å². The minimum atomic E-state index is -3.85. The molecule has 144 valence electrons. The summed E-state index contributed by atoms with van der Waals surface area (Å²) in [5, 5.41) is 4.53. The summed E-state index contributed by atoms with van der Waals surface area (Å²) in [7, 11) is -3.85. The summed E-state index contributed by atoms with van der Waals surface area (Å²) >= 11 is 5.58. The predicted octanol–water partition coefficient (Wildman–Crippen LogP) is 4.33. The zero-order valence-corrected chi connectivity index (χ0v) is 15.7. The highest BCUT2D eigenvalue weighted by Crippen LogP contribution is 2.43. The smallest absolute Gasteiger partial charge is 0.238 e. The first-order chi connectivity index (χ1) is 13.2. The Bertz CT molecular complexity index is 1170. The van der Waals surface area contributed by atoms with E-state index in [4.69, 9.17) is 26.2 Å². The molecule has 0 amide bonds. The van der Waals surface area contributed by atoms with Crippen molar-refractivity contribution in [2.24, 2.45) is 5.14 Å². The standard InChI is InChI=1S/C19H12ClF2NO4S/c20-19-15(21)5-11(6-16(19)22)14-8-18-17(26-9-27-18)7-13(14)10-1-3-12(4-2-10)28(23,24)25/h1-8H,9H2,(H2,23,24,25). The van der Waals surface area contributed by atoms with Crippen molar-refractivity contribution in [3.8, 4) is 33.8 Å². The number of benzene rings is 3. The van der Waals surface area contributed by atoms with Crippen LogP contribution in [0.5, 0.6) is 11.5 Å². The van der Waals surface area contributed by atoms with Gasteiger partial charge in [0, 0.05) is 0 Å². The molecule has 0 saturated heterocycles. The van der Waals surface area contributed by atoms with Crippen LogP contribution in [0.4, 0.5) is 8.78 Å². The van der Waals surface area contributed by atoms with Gasteiger partial charge in [-0.15, -0.1) is 0 Å². The van der Waals surface area contributed by atoms with E-state index >= 15 is 0 Å². The number of ether oxygens (including phenoxy) is 2. The molecule has 0 aromatic heterocycles. The van der Waals surface area contributed by atoms with Crippen molar-refractivity contribution in [1.82, 2.24) is 0 Å². The Morgan fingerprint density at radius 1 is 0.857 bits per heavy atom. The zero-order valence-electron chi connectivity index (χ0n) is 14.1. The second kappa shape index (κ2) is 6.73. The van der Waals surface area contributed by atoms with Crippen molar-refractivity contribution in [3.05, 3.63) is 65.2 Å². The van der Waals surface area contributed by atoms with Crippen molar-refractivity contribution < 1.29 is 26.7 Å². The van der Waals surface area contributed by atoms with E-state index in [-0.39, 0.29) is 17.3 Å². The Morgan fingerprint density at radius 2 is 1.36 bits per heavy atom. The molecule has 0 bridgehead atoms. The molecule has 28 heavy (non-hydrogen) atoms. The molecule has 1 heterocycles. The third kappa shape index (κ3) is 3.30. The summed E-state index contributed by atoms with van der Waals surface area (Å²) in [5.74, 6) is -0.908. The third-order valence-corrected chi connectivity index (χ3v) is 5.59. The van der Waals surface area contributed by atoms with Gasteiger partial charge in [-0.1, -0.05) is 23.7 Å². The molecule has 2 N–H and O–H groups in total. The molecule has 0 fully saturated rings. The van der Waals surface area contributed by atoms with Crippen molar-refractivity contribution in [2.45, 2.75) is 4.90 Å². The molecule has 1 aliphatic rings. The van der Waals surface area contributed by atoms with E-state index in [1.54, 1.807) is 24.3 Å². The normalized spacial score (nSPS) is 13.0. The van der Waals surface area contributed by atoms with Gasteiger partial charge in [-0.3, -0.25) is 0 Å². The van der Waals surface area contributed by atoms with Crippen LogP contribution in [0.1, 0.15) is 0 Å². The Labute approximate surface area is 164 Å². The van der Waals surface area contributed by atoms with Crippen molar-refractivity contribution >= 4 is 21.6 Å². The van der Waals surface area contributed by atoms with Gasteiger partial charge in [0.05, 0.1) is 4.90 Å². The molecular formula is C19H12ClF2NO4S. The molecule has 0 radical (unpaired) electrons. The minimum absolute atomic E-state index is 0.0198.